The van der Waals surface area contributed by atoms with Crippen molar-refractivity contribution >= 4 is 35.2 Å². The van der Waals surface area contributed by atoms with Crippen LogP contribution in [0.15, 0.2) is 39.8 Å². The number of aryl methyl sites for hydroxylation is 1. The second kappa shape index (κ2) is 6.36. The summed E-state index contributed by atoms with van der Waals surface area (Å²) >= 11 is 2.91. The van der Waals surface area contributed by atoms with Crippen LogP contribution in [0.25, 0.3) is 0 Å². The van der Waals surface area contributed by atoms with Gasteiger partial charge >= 0.3 is 0 Å². The number of benzene rings is 1. The van der Waals surface area contributed by atoms with Crippen molar-refractivity contribution in [3.63, 3.8) is 0 Å². The van der Waals surface area contributed by atoms with Crippen LogP contribution in [0.1, 0.15) is 23.0 Å². The van der Waals surface area contributed by atoms with Crippen molar-refractivity contribution in [1.29, 1.82) is 0 Å². The predicted molar refractivity (Wildman–Crippen MR) is 84.5 cm³/mol. The molecule has 1 aliphatic heterocycles. The van der Waals surface area contributed by atoms with Crippen molar-refractivity contribution in [2.75, 3.05) is 5.75 Å². The van der Waals surface area contributed by atoms with Crippen LogP contribution in [0.3, 0.4) is 0 Å². The van der Waals surface area contributed by atoms with E-state index in [0.717, 1.165) is 21.3 Å². The molecule has 1 atom stereocenters. The van der Waals surface area contributed by atoms with E-state index in [1.165, 1.54) is 23.1 Å². The average molecular weight is 318 g/mol. The third-order valence-corrected chi connectivity index (χ3v) is 5.05. The van der Waals surface area contributed by atoms with E-state index in [4.69, 9.17) is 0 Å². The van der Waals surface area contributed by atoms with Crippen molar-refractivity contribution in [3.05, 3.63) is 40.9 Å². The maximum absolute atomic E-state index is 12.4. The second-order valence-corrected chi connectivity index (χ2v) is 6.98. The summed E-state index contributed by atoms with van der Waals surface area (Å²) in [6.07, 6.45) is 2.56. The third kappa shape index (κ3) is 3.30. The van der Waals surface area contributed by atoms with Crippen LogP contribution < -0.4 is 0 Å². The van der Waals surface area contributed by atoms with E-state index in [1.54, 1.807) is 11.2 Å². The Morgan fingerprint density at radius 2 is 2.19 bits per heavy atom. The maximum Gasteiger partial charge on any atom is 0.253 e. The normalized spacial score (nSPS) is 17.4. The molecule has 0 fully saturated rings. The van der Waals surface area contributed by atoms with Gasteiger partial charge in [0.2, 0.25) is 0 Å². The quantitative estimate of drug-likeness (QED) is 0.813. The fraction of sp³-hybridized carbons (Fsp3) is 0.286. The van der Waals surface area contributed by atoms with Crippen LogP contribution in [-0.2, 0) is 4.79 Å². The highest BCUT2D eigenvalue weighted by molar-refractivity contribution is 8.01. The number of carbonyl (C=O) groups is 1. The number of nitrogens with zero attached hydrogens (tertiary/aromatic N) is 4. The predicted octanol–water partition coefficient (Wildman–Crippen LogP) is 2.90. The first-order valence-corrected chi connectivity index (χ1v) is 8.36. The molecule has 1 aliphatic rings. The van der Waals surface area contributed by atoms with Gasteiger partial charge in [-0.25, -0.2) is 5.01 Å². The van der Waals surface area contributed by atoms with E-state index < -0.39 is 0 Å². The van der Waals surface area contributed by atoms with E-state index in [2.05, 4.69) is 15.3 Å². The van der Waals surface area contributed by atoms with Gasteiger partial charge in [0, 0.05) is 12.6 Å². The molecular weight excluding hydrogens is 304 g/mol. The summed E-state index contributed by atoms with van der Waals surface area (Å²) < 4.78 is 0.820. The van der Waals surface area contributed by atoms with Crippen LogP contribution in [-0.4, -0.2) is 33.1 Å². The summed E-state index contributed by atoms with van der Waals surface area (Å²) in [5.74, 6) is 0.324. The Morgan fingerprint density at radius 3 is 2.90 bits per heavy atom. The lowest BCUT2D eigenvalue weighted by molar-refractivity contribution is -0.130. The molecule has 0 bridgehead atoms. The average Bonchev–Trinajstić information content (AvgIpc) is 3.14. The van der Waals surface area contributed by atoms with Gasteiger partial charge in [0.05, 0.1) is 11.8 Å². The van der Waals surface area contributed by atoms with Crippen molar-refractivity contribution < 1.29 is 4.79 Å². The maximum atomic E-state index is 12.4. The molecule has 0 saturated heterocycles. The van der Waals surface area contributed by atoms with Gasteiger partial charge in [-0.1, -0.05) is 53.4 Å². The van der Waals surface area contributed by atoms with Gasteiger partial charge in [0.1, 0.15) is 5.01 Å². The molecule has 5 nitrogen and oxygen atoms in total. The van der Waals surface area contributed by atoms with Gasteiger partial charge in [-0.3, -0.25) is 4.79 Å². The van der Waals surface area contributed by atoms with Crippen LogP contribution >= 0.6 is 23.1 Å². The van der Waals surface area contributed by atoms with Crippen LogP contribution in [0, 0.1) is 6.92 Å². The summed E-state index contributed by atoms with van der Waals surface area (Å²) in [6.45, 7) is 1.90. The Bertz CT molecular complexity index is 656. The molecule has 1 aromatic carbocycles. The van der Waals surface area contributed by atoms with Gasteiger partial charge < -0.3 is 0 Å². The monoisotopic (exact) mass is 318 g/mol. The molecule has 0 radical (unpaired) electrons. The van der Waals surface area contributed by atoms with Crippen molar-refractivity contribution in [2.24, 2.45) is 5.10 Å². The van der Waals surface area contributed by atoms with E-state index >= 15 is 0 Å². The molecule has 0 aliphatic carbocycles. The molecule has 1 amide bonds. The number of thioether (sulfide) groups is 1. The van der Waals surface area contributed by atoms with Crippen LogP contribution in [0.4, 0.5) is 0 Å². The molecule has 3 rings (SSSR count). The number of hydrazone groups is 1. The minimum Gasteiger partial charge on any atom is -0.272 e. The largest absolute Gasteiger partial charge is 0.272 e. The Morgan fingerprint density at radius 1 is 1.38 bits per heavy atom. The van der Waals surface area contributed by atoms with E-state index in [9.17, 15) is 4.79 Å². The number of carbonyl (C=O) groups excluding carboxylic acids is 1. The van der Waals surface area contributed by atoms with Crippen LogP contribution in [0.5, 0.6) is 0 Å². The third-order valence-electron chi connectivity index (χ3n) is 3.10. The molecule has 2 heterocycles. The lowest BCUT2D eigenvalue weighted by atomic mass is 10.0. The topological polar surface area (TPSA) is 58.5 Å². The highest BCUT2D eigenvalue weighted by Gasteiger charge is 2.28. The number of aromatic nitrogens is 2. The highest BCUT2D eigenvalue weighted by Crippen LogP contribution is 2.29. The minimum absolute atomic E-state index is 0.00421. The first-order chi connectivity index (χ1) is 10.2. The van der Waals surface area contributed by atoms with E-state index in [0.29, 0.717) is 5.75 Å². The SMILES string of the molecule is Cc1nnc(SCC(=O)N2N=CCC2c2ccccc2)s1. The van der Waals surface area contributed by atoms with E-state index in [-0.39, 0.29) is 11.9 Å². The fourth-order valence-electron chi connectivity index (χ4n) is 2.13. The first kappa shape index (κ1) is 14.2. The van der Waals surface area contributed by atoms with Gasteiger partial charge in [-0.05, 0) is 12.5 Å². The molecule has 108 valence electrons. The molecular formula is C14H14N4OS2. The van der Waals surface area contributed by atoms with E-state index in [1.807, 2.05) is 37.3 Å². The van der Waals surface area contributed by atoms with Crippen LogP contribution in [0.2, 0.25) is 0 Å². The lowest BCUT2D eigenvalue weighted by Gasteiger charge is -2.21. The fourth-order valence-corrected chi connectivity index (χ4v) is 3.80. The molecule has 1 aromatic heterocycles. The van der Waals surface area contributed by atoms with Gasteiger partial charge in [0.25, 0.3) is 5.91 Å². The van der Waals surface area contributed by atoms with Crippen molar-refractivity contribution in [2.45, 2.75) is 23.7 Å². The Balaban J connectivity index is 1.64. The molecule has 0 saturated carbocycles. The molecule has 0 spiro atoms. The Hall–Kier alpha value is -1.73. The lowest BCUT2D eigenvalue weighted by Crippen LogP contribution is -2.28. The van der Waals surface area contributed by atoms with Crippen molar-refractivity contribution in [3.8, 4) is 0 Å². The van der Waals surface area contributed by atoms with Gasteiger partial charge in [-0.2, -0.15) is 5.10 Å². The zero-order chi connectivity index (χ0) is 14.7. The summed E-state index contributed by atoms with van der Waals surface area (Å²) in [5, 5.41) is 14.7. The standard InChI is InChI=1S/C14H14N4OS2/c1-10-16-17-14(21-10)20-9-13(19)18-12(7-8-15-18)11-5-3-2-4-6-11/h2-6,8,12H,7,9H2,1H3. The highest BCUT2D eigenvalue weighted by atomic mass is 32.2. The van der Waals surface area contributed by atoms with Gasteiger partial charge in [0.15, 0.2) is 4.34 Å². The summed E-state index contributed by atoms with van der Waals surface area (Å²) in [4.78, 5) is 12.4. The number of amides is 1. The minimum atomic E-state index is -0.00421. The first-order valence-electron chi connectivity index (χ1n) is 6.56. The molecule has 0 N–H and O–H groups in total. The number of rotatable bonds is 4. The smallest absolute Gasteiger partial charge is 0.253 e. The Kier molecular flexibility index (Phi) is 4.31. The molecule has 21 heavy (non-hydrogen) atoms. The number of hydrogen-bond donors (Lipinski definition) is 0. The second-order valence-electron chi connectivity index (χ2n) is 4.57. The summed E-state index contributed by atoms with van der Waals surface area (Å²) in [6, 6.07) is 10.0. The number of hydrogen-bond acceptors (Lipinski definition) is 6. The zero-order valence-corrected chi connectivity index (χ0v) is 13.1. The zero-order valence-electron chi connectivity index (χ0n) is 11.5. The summed E-state index contributed by atoms with van der Waals surface area (Å²) in [7, 11) is 0. The molecule has 1 unspecified atom stereocenters. The molecule has 2 aromatic rings. The summed E-state index contributed by atoms with van der Waals surface area (Å²) in [5.41, 5.74) is 1.11. The Labute approximate surface area is 131 Å². The van der Waals surface area contributed by atoms with Gasteiger partial charge in [-0.15, -0.1) is 10.2 Å². The van der Waals surface area contributed by atoms with Crippen molar-refractivity contribution in [1.82, 2.24) is 15.2 Å². The molecule has 7 heteroatoms.